The standard InChI is InChI=1S/C5H2F6S2/c6-1(3(7)8)5(10,11)2(12)4(9)13/h1,3H. The van der Waals surface area contributed by atoms with Gasteiger partial charge in [-0.2, -0.15) is 13.2 Å². The molecule has 0 spiro atoms. The Kier molecular flexibility index (Phi) is 4.24. The van der Waals surface area contributed by atoms with E-state index in [1.165, 1.54) is 0 Å². The van der Waals surface area contributed by atoms with E-state index in [-0.39, 0.29) is 0 Å². The van der Waals surface area contributed by atoms with Crippen molar-refractivity contribution < 1.29 is 26.3 Å². The normalized spacial score (nSPS) is 14.4. The number of hydrogen-bond acceptors (Lipinski definition) is 2. The van der Waals surface area contributed by atoms with Gasteiger partial charge in [0.15, 0.2) is 0 Å². The van der Waals surface area contributed by atoms with Crippen LogP contribution in [0.5, 0.6) is 0 Å². The molecule has 0 rings (SSSR count). The zero-order chi connectivity index (χ0) is 10.8. The van der Waals surface area contributed by atoms with Gasteiger partial charge in [-0.3, -0.25) is 0 Å². The van der Waals surface area contributed by atoms with Crippen LogP contribution in [0.15, 0.2) is 0 Å². The third kappa shape index (κ3) is 2.87. The Hall–Kier alpha value is -0.240. The fraction of sp³-hybridized carbons (Fsp3) is 0.600. The maximum Gasteiger partial charge on any atom is 0.322 e. The molecule has 0 nitrogen and oxygen atoms in total. The Labute approximate surface area is 79.9 Å². The van der Waals surface area contributed by atoms with Crippen LogP contribution < -0.4 is 0 Å². The van der Waals surface area contributed by atoms with E-state index in [0.717, 1.165) is 0 Å². The molecule has 0 aromatic carbocycles. The average Bonchev–Trinajstić information content (AvgIpc) is 2.01. The molecule has 0 aliphatic carbocycles. The van der Waals surface area contributed by atoms with Crippen molar-refractivity contribution >= 4 is 34.4 Å². The van der Waals surface area contributed by atoms with Crippen molar-refractivity contribution in [2.45, 2.75) is 18.5 Å². The largest absolute Gasteiger partial charge is 0.322 e. The van der Waals surface area contributed by atoms with Gasteiger partial charge in [0.2, 0.25) is 11.3 Å². The molecule has 0 aromatic rings. The second kappa shape index (κ2) is 4.32. The lowest BCUT2D eigenvalue weighted by Crippen LogP contribution is -2.44. The van der Waals surface area contributed by atoms with Crippen LogP contribution in [0.3, 0.4) is 0 Å². The van der Waals surface area contributed by atoms with Gasteiger partial charge in [-0.15, -0.1) is 0 Å². The van der Waals surface area contributed by atoms with Gasteiger partial charge in [-0.1, -0.05) is 12.2 Å². The molecule has 1 unspecified atom stereocenters. The van der Waals surface area contributed by atoms with E-state index in [1.807, 2.05) is 0 Å². The molecule has 0 heterocycles. The smallest absolute Gasteiger partial charge is 0.234 e. The summed E-state index contributed by atoms with van der Waals surface area (Å²) in [6.07, 6.45) is -7.78. The van der Waals surface area contributed by atoms with Crippen molar-refractivity contribution in [3.05, 3.63) is 0 Å². The first-order valence-corrected chi connectivity index (χ1v) is 3.57. The van der Waals surface area contributed by atoms with Crippen molar-refractivity contribution in [2.24, 2.45) is 0 Å². The van der Waals surface area contributed by atoms with Gasteiger partial charge in [0.05, 0.1) is 0 Å². The number of alkyl halides is 5. The van der Waals surface area contributed by atoms with Gasteiger partial charge in [-0.25, -0.2) is 13.2 Å². The Balaban J connectivity index is 4.75. The lowest BCUT2D eigenvalue weighted by molar-refractivity contribution is -0.0796. The molecule has 0 saturated carbocycles. The van der Waals surface area contributed by atoms with E-state index < -0.39 is 28.5 Å². The summed E-state index contributed by atoms with van der Waals surface area (Å²) in [5.74, 6) is -4.74. The van der Waals surface area contributed by atoms with Crippen LogP contribution in [-0.4, -0.2) is 28.5 Å². The van der Waals surface area contributed by atoms with E-state index in [2.05, 4.69) is 24.4 Å². The summed E-state index contributed by atoms with van der Waals surface area (Å²) in [7, 11) is 0. The summed E-state index contributed by atoms with van der Waals surface area (Å²) in [6, 6.07) is 0. The molecule has 76 valence electrons. The summed E-state index contributed by atoms with van der Waals surface area (Å²) >= 11 is 7.24. The topological polar surface area (TPSA) is 0 Å². The molecule has 0 saturated heterocycles. The van der Waals surface area contributed by atoms with E-state index in [0.29, 0.717) is 0 Å². The second-order valence-corrected chi connectivity index (χ2v) is 2.73. The first-order chi connectivity index (χ1) is 5.71. The van der Waals surface area contributed by atoms with Gasteiger partial charge in [0.1, 0.15) is 4.86 Å². The molecule has 0 radical (unpaired) electrons. The van der Waals surface area contributed by atoms with Crippen LogP contribution in [0.4, 0.5) is 26.3 Å². The van der Waals surface area contributed by atoms with Crippen LogP contribution in [0.25, 0.3) is 0 Å². The highest BCUT2D eigenvalue weighted by atomic mass is 32.1. The Bertz CT molecular complexity index is 225. The summed E-state index contributed by atoms with van der Waals surface area (Å²) in [4.78, 5) is -1.91. The zero-order valence-electron chi connectivity index (χ0n) is 5.74. The van der Waals surface area contributed by atoms with E-state index in [9.17, 15) is 26.3 Å². The molecule has 0 amide bonds. The van der Waals surface area contributed by atoms with Gasteiger partial charge < -0.3 is 0 Å². The summed E-state index contributed by atoms with van der Waals surface area (Å²) in [5, 5.41) is -1.96. The highest BCUT2D eigenvalue weighted by Gasteiger charge is 2.51. The third-order valence-corrected chi connectivity index (χ3v) is 1.83. The lowest BCUT2D eigenvalue weighted by atomic mass is 10.1. The predicted octanol–water partition coefficient (Wildman–Crippen LogP) is 2.89. The van der Waals surface area contributed by atoms with E-state index in [1.54, 1.807) is 0 Å². The van der Waals surface area contributed by atoms with Crippen LogP contribution >= 0.6 is 24.4 Å². The number of thiocarbonyl (C=S) groups is 2. The minimum absolute atomic E-state index is 1.91. The summed E-state index contributed by atoms with van der Waals surface area (Å²) < 4.78 is 71.7. The fourth-order valence-corrected chi connectivity index (χ4v) is 0.663. The Morgan fingerprint density at radius 2 is 1.46 bits per heavy atom. The molecule has 0 aromatic heterocycles. The van der Waals surface area contributed by atoms with E-state index >= 15 is 0 Å². The second-order valence-electron chi connectivity index (χ2n) is 1.96. The molecule has 1 atom stereocenters. The van der Waals surface area contributed by atoms with Crippen LogP contribution in [-0.2, 0) is 0 Å². The first kappa shape index (κ1) is 12.8. The lowest BCUT2D eigenvalue weighted by Gasteiger charge is -2.18. The first-order valence-electron chi connectivity index (χ1n) is 2.75. The highest BCUT2D eigenvalue weighted by molar-refractivity contribution is 7.89. The van der Waals surface area contributed by atoms with Gasteiger partial charge >= 0.3 is 5.92 Å². The Morgan fingerprint density at radius 3 is 1.69 bits per heavy atom. The van der Waals surface area contributed by atoms with Crippen molar-refractivity contribution in [3.8, 4) is 0 Å². The average molecular weight is 240 g/mol. The SMILES string of the molecule is FC(=S)C(=S)C(F)(F)C(F)C(F)F. The fourth-order valence-electron chi connectivity index (χ4n) is 0.414. The van der Waals surface area contributed by atoms with Crippen molar-refractivity contribution in [1.29, 1.82) is 0 Å². The third-order valence-electron chi connectivity index (χ3n) is 1.05. The maximum atomic E-state index is 12.4. The molecule has 0 fully saturated rings. The predicted molar refractivity (Wildman–Crippen MR) is 42.2 cm³/mol. The van der Waals surface area contributed by atoms with Crippen molar-refractivity contribution in [1.82, 2.24) is 0 Å². The zero-order valence-corrected chi connectivity index (χ0v) is 7.37. The number of hydrogen-bond donors (Lipinski definition) is 0. The summed E-state index contributed by atoms with van der Waals surface area (Å²) in [6.45, 7) is 0. The molecule has 0 N–H and O–H groups in total. The Morgan fingerprint density at radius 1 is 1.08 bits per heavy atom. The molecular weight excluding hydrogens is 238 g/mol. The molecule has 0 aliphatic heterocycles. The molecule has 0 bridgehead atoms. The highest BCUT2D eigenvalue weighted by Crippen LogP contribution is 2.29. The molecule has 8 heteroatoms. The minimum Gasteiger partial charge on any atom is -0.234 e. The van der Waals surface area contributed by atoms with Crippen molar-refractivity contribution in [3.63, 3.8) is 0 Å². The van der Waals surface area contributed by atoms with Gasteiger partial charge in [0.25, 0.3) is 6.43 Å². The maximum absolute atomic E-state index is 12.4. The van der Waals surface area contributed by atoms with Crippen molar-refractivity contribution in [2.75, 3.05) is 0 Å². The quantitative estimate of drug-likeness (QED) is 0.421. The monoisotopic (exact) mass is 240 g/mol. The molecule has 0 aliphatic rings. The van der Waals surface area contributed by atoms with Crippen LogP contribution in [0.2, 0.25) is 0 Å². The van der Waals surface area contributed by atoms with Crippen LogP contribution in [0, 0.1) is 0 Å². The summed E-state index contributed by atoms with van der Waals surface area (Å²) in [5.41, 5.74) is 0. The number of rotatable bonds is 4. The number of halogens is 6. The van der Waals surface area contributed by atoms with Gasteiger partial charge in [0, 0.05) is 0 Å². The minimum atomic E-state index is -4.74. The molecule has 13 heavy (non-hydrogen) atoms. The van der Waals surface area contributed by atoms with E-state index in [4.69, 9.17) is 0 Å². The van der Waals surface area contributed by atoms with Crippen LogP contribution in [0.1, 0.15) is 0 Å². The van der Waals surface area contributed by atoms with Gasteiger partial charge in [-0.05, 0) is 12.2 Å². The molecular formula is C5H2F6S2.